The van der Waals surface area contributed by atoms with E-state index >= 15 is 0 Å². The molecular formula is C30H35N3O4S. The van der Waals surface area contributed by atoms with E-state index in [2.05, 4.69) is 73.1 Å². The molecule has 3 aliphatic rings. The Morgan fingerprint density at radius 2 is 1.92 bits per heavy atom. The molecule has 0 spiro atoms. The van der Waals surface area contributed by atoms with E-state index in [0.29, 0.717) is 25.7 Å². The number of ether oxygens (including phenoxy) is 2. The minimum Gasteiger partial charge on any atom is -0.382 e. The lowest BCUT2D eigenvalue weighted by molar-refractivity contribution is -0.385. The van der Waals surface area contributed by atoms with E-state index < -0.39 is 0 Å². The lowest BCUT2D eigenvalue weighted by Crippen LogP contribution is -2.30. The van der Waals surface area contributed by atoms with Crippen LogP contribution < -0.4 is 9.80 Å². The number of nitrogens with zero attached hydrogens (tertiary/aromatic N) is 3. The van der Waals surface area contributed by atoms with E-state index in [1.54, 1.807) is 31.0 Å². The first-order valence-electron chi connectivity index (χ1n) is 13.2. The maximum atomic E-state index is 11.2. The quantitative estimate of drug-likeness (QED) is 0.192. The van der Waals surface area contributed by atoms with Crippen LogP contribution in [0.3, 0.4) is 0 Å². The number of rotatable bonds is 10. The van der Waals surface area contributed by atoms with Crippen LogP contribution in [0.2, 0.25) is 0 Å². The third-order valence-electron chi connectivity index (χ3n) is 7.51. The Kier molecular flexibility index (Phi) is 7.66. The second-order valence-corrected chi connectivity index (χ2v) is 11.4. The van der Waals surface area contributed by atoms with E-state index in [9.17, 15) is 10.1 Å². The summed E-state index contributed by atoms with van der Waals surface area (Å²) in [5.74, 6) is 0.368. The second-order valence-electron chi connectivity index (χ2n) is 10.3. The summed E-state index contributed by atoms with van der Waals surface area (Å²) in [7, 11) is 1.69. The van der Waals surface area contributed by atoms with Gasteiger partial charge in [-0.05, 0) is 42.7 Å². The van der Waals surface area contributed by atoms with Crippen molar-refractivity contribution in [2.24, 2.45) is 5.92 Å². The zero-order chi connectivity index (χ0) is 26.9. The maximum Gasteiger partial charge on any atom is 0.270 e. The predicted octanol–water partition coefficient (Wildman–Crippen LogP) is 6.66. The van der Waals surface area contributed by atoms with Crippen LogP contribution in [-0.2, 0) is 14.9 Å². The van der Waals surface area contributed by atoms with Crippen LogP contribution in [0.15, 0.2) is 81.9 Å². The normalized spacial score (nSPS) is 21.5. The molecule has 2 aliphatic heterocycles. The number of thioether (sulfide) groups is 1. The Morgan fingerprint density at radius 1 is 1.13 bits per heavy atom. The number of allylic oxidation sites excluding steroid dienone is 5. The number of nitro groups is 1. The van der Waals surface area contributed by atoms with Crippen molar-refractivity contribution in [1.29, 1.82) is 0 Å². The first-order chi connectivity index (χ1) is 18.3. The molecular weight excluding hydrogens is 498 g/mol. The molecule has 0 fully saturated rings. The molecule has 0 radical (unpaired) electrons. The Bertz CT molecular complexity index is 1320. The fraction of sp³-hybridized carbons (Fsp3) is 0.400. The minimum absolute atomic E-state index is 0.0815. The number of hydrogen-bond donors (Lipinski definition) is 0. The summed E-state index contributed by atoms with van der Waals surface area (Å²) in [5.41, 5.74) is 6.34. The molecule has 0 N–H and O–H groups in total. The third-order valence-corrected chi connectivity index (χ3v) is 8.61. The summed E-state index contributed by atoms with van der Waals surface area (Å²) in [4.78, 5) is 16.5. The van der Waals surface area contributed by atoms with Gasteiger partial charge in [-0.25, -0.2) is 0 Å². The van der Waals surface area contributed by atoms with Gasteiger partial charge in [-0.1, -0.05) is 56.0 Å². The monoisotopic (exact) mass is 533 g/mol. The Hall–Kier alpha value is -3.07. The highest BCUT2D eigenvalue weighted by atomic mass is 32.2. The van der Waals surface area contributed by atoms with Crippen molar-refractivity contribution in [1.82, 2.24) is 0 Å². The molecule has 1 unspecified atom stereocenters. The van der Waals surface area contributed by atoms with Crippen LogP contribution in [-0.4, -0.2) is 44.9 Å². The van der Waals surface area contributed by atoms with Crippen LogP contribution >= 0.6 is 11.8 Å². The van der Waals surface area contributed by atoms with Crippen molar-refractivity contribution >= 4 is 28.8 Å². The van der Waals surface area contributed by atoms with Gasteiger partial charge in [-0.2, -0.15) is 0 Å². The molecule has 5 rings (SSSR count). The van der Waals surface area contributed by atoms with Gasteiger partial charge in [-0.15, -0.1) is 0 Å². The lowest BCUT2D eigenvalue weighted by atomic mass is 9.79. The Balaban J connectivity index is 1.34. The third kappa shape index (κ3) is 5.00. The summed E-state index contributed by atoms with van der Waals surface area (Å²) < 4.78 is 10.9. The summed E-state index contributed by atoms with van der Waals surface area (Å²) in [5, 5.41) is 12.4. The molecule has 7 nitrogen and oxygen atoms in total. The van der Waals surface area contributed by atoms with Gasteiger partial charge in [0.25, 0.3) is 5.69 Å². The molecule has 0 aromatic heterocycles. The van der Waals surface area contributed by atoms with Gasteiger partial charge in [0.2, 0.25) is 0 Å². The molecule has 0 amide bonds. The number of nitro benzene ring substituents is 1. The molecule has 0 bridgehead atoms. The van der Waals surface area contributed by atoms with E-state index in [0.717, 1.165) is 35.1 Å². The molecule has 2 heterocycles. The van der Waals surface area contributed by atoms with Crippen molar-refractivity contribution in [3.63, 3.8) is 0 Å². The van der Waals surface area contributed by atoms with Crippen LogP contribution in [0, 0.1) is 16.0 Å². The Morgan fingerprint density at radius 3 is 2.66 bits per heavy atom. The smallest absolute Gasteiger partial charge is 0.270 e. The summed E-state index contributed by atoms with van der Waals surface area (Å²) in [6.07, 6.45) is 7.98. The predicted molar refractivity (Wildman–Crippen MR) is 154 cm³/mol. The SMILES string of the molecule is CCN1C(=CC2=CC(C=C3N(CCOCCOC)c4ccccc4C3(C)C)C2)Sc2cc([N+](=O)[O-])ccc21. The van der Waals surface area contributed by atoms with Gasteiger partial charge in [0.15, 0.2) is 0 Å². The molecule has 38 heavy (non-hydrogen) atoms. The fourth-order valence-corrected chi connectivity index (χ4v) is 6.75. The number of methoxy groups -OCH3 is 1. The van der Waals surface area contributed by atoms with E-state index in [1.807, 2.05) is 6.07 Å². The molecule has 2 aromatic carbocycles. The number of anilines is 2. The number of non-ortho nitro benzene ring substituents is 1. The molecule has 1 atom stereocenters. The standard InChI is InChI=1S/C30H35N3O4S/c1-5-31-26-11-10-23(33(34)35)20-27(26)38-29(31)19-22-16-21(17-22)18-28-30(2,3)24-8-6-7-9-25(24)32(28)12-13-37-15-14-36-4/h6-11,16,18-21H,5,12-15,17H2,1-4H3. The van der Waals surface area contributed by atoms with E-state index in [1.165, 1.54) is 22.5 Å². The van der Waals surface area contributed by atoms with Gasteiger partial charge in [-0.3, -0.25) is 10.1 Å². The topological polar surface area (TPSA) is 68.1 Å². The Labute approximate surface area is 228 Å². The van der Waals surface area contributed by atoms with Crippen LogP contribution in [0.4, 0.5) is 17.1 Å². The largest absolute Gasteiger partial charge is 0.382 e. The molecule has 1 aliphatic carbocycles. The van der Waals surface area contributed by atoms with Crippen molar-refractivity contribution in [2.45, 2.75) is 37.5 Å². The van der Waals surface area contributed by atoms with Gasteiger partial charge < -0.3 is 19.3 Å². The molecule has 200 valence electrons. The van der Waals surface area contributed by atoms with Gasteiger partial charge in [0.05, 0.1) is 35.5 Å². The van der Waals surface area contributed by atoms with Gasteiger partial charge >= 0.3 is 0 Å². The molecule has 2 aromatic rings. The van der Waals surface area contributed by atoms with Crippen molar-refractivity contribution in [2.75, 3.05) is 49.8 Å². The van der Waals surface area contributed by atoms with Crippen LogP contribution in [0.5, 0.6) is 0 Å². The zero-order valence-electron chi connectivity index (χ0n) is 22.5. The summed E-state index contributed by atoms with van der Waals surface area (Å²) in [6.45, 7) is 10.2. The van der Waals surface area contributed by atoms with Crippen molar-refractivity contribution in [3.8, 4) is 0 Å². The van der Waals surface area contributed by atoms with Crippen molar-refractivity contribution in [3.05, 3.63) is 92.7 Å². The molecule has 8 heteroatoms. The summed E-state index contributed by atoms with van der Waals surface area (Å²) >= 11 is 1.61. The zero-order valence-corrected chi connectivity index (χ0v) is 23.3. The number of benzene rings is 2. The van der Waals surface area contributed by atoms with Crippen LogP contribution in [0.1, 0.15) is 32.8 Å². The van der Waals surface area contributed by atoms with E-state index in [4.69, 9.17) is 9.47 Å². The van der Waals surface area contributed by atoms with Crippen LogP contribution in [0.25, 0.3) is 0 Å². The lowest BCUT2D eigenvalue weighted by Gasteiger charge is -2.31. The first-order valence-corrected chi connectivity index (χ1v) is 14.0. The van der Waals surface area contributed by atoms with Crippen molar-refractivity contribution < 1.29 is 14.4 Å². The molecule has 0 saturated carbocycles. The maximum absolute atomic E-state index is 11.2. The second kappa shape index (κ2) is 11.0. The summed E-state index contributed by atoms with van der Waals surface area (Å²) in [6, 6.07) is 13.8. The van der Waals surface area contributed by atoms with Gasteiger partial charge in [0.1, 0.15) is 0 Å². The first kappa shape index (κ1) is 26.5. The number of fused-ring (bicyclic) bond motifs is 2. The fourth-order valence-electron chi connectivity index (χ4n) is 5.51. The average Bonchev–Trinajstić information content (AvgIpc) is 3.33. The number of hydrogen-bond acceptors (Lipinski definition) is 7. The highest BCUT2D eigenvalue weighted by Crippen LogP contribution is 2.50. The average molecular weight is 534 g/mol. The highest BCUT2D eigenvalue weighted by molar-refractivity contribution is 8.03. The van der Waals surface area contributed by atoms with Gasteiger partial charge in [0, 0.05) is 59.9 Å². The van der Waals surface area contributed by atoms with E-state index in [-0.39, 0.29) is 16.0 Å². The minimum atomic E-state index is -0.330. The highest BCUT2D eigenvalue weighted by Gasteiger charge is 2.40. The number of para-hydroxylation sites is 1. The molecule has 0 saturated heterocycles.